The van der Waals surface area contributed by atoms with Gasteiger partial charge in [-0.3, -0.25) is 0 Å². The van der Waals surface area contributed by atoms with Crippen LogP contribution in [0.1, 0.15) is 32.1 Å². The van der Waals surface area contributed by atoms with Gasteiger partial charge < -0.3 is 10.1 Å². The molecule has 1 atom stereocenters. The van der Waals surface area contributed by atoms with Gasteiger partial charge in [0, 0.05) is 32.3 Å². The molecule has 0 radical (unpaired) electrons. The lowest BCUT2D eigenvalue weighted by Gasteiger charge is -2.34. The molecular formula is C13H27N3O3S. The molecule has 0 bridgehead atoms. The second-order valence-electron chi connectivity index (χ2n) is 5.74. The van der Waals surface area contributed by atoms with Crippen LogP contribution in [-0.2, 0) is 14.9 Å². The Labute approximate surface area is 122 Å². The summed E-state index contributed by atoms with van der Waals surface area (Å²) in [4.78, 5) is 0. The van der Waals surface area contributed by atoms with Crippen molar-refractivity contribution in [3.63, 3.8) is 0 Å². The molecule has 2 rings (SSSR count). The molecule has 0 aromatic carbocycles. The zero-order chi connectivity index (χ0) is 14.4. The van der Waals surface area contributed by atoms with Gasteiger partial charge in [-0.15, -0.1) is 0 Å². The molecule has 0 amide bonds. The summed E-state index contributed by atoms with van der Waals surface area (Å²) in [5, 5.41) is 3.08. The molecule has 118 valence electrons. The highest BCUT2D eigenvalue weighted by molar-refractivity contribution is 7.87. The molecule has 0 spiro atoms. The van der Waals surface area contributed by atoms with Crippen LogP contribution in [0.2, 0.25) is 0 Å². The van der Waals surface area contributed by atoms with Crippen molar-refractivity contribution >= 4 is 10.2 Å². The number of piperidine rings is 1. The molecule has 2 N–H and O–H groups in total. The minimum atomic E-state index is -3.38. The molecule has 1 saturated carbocycles. The monoisotopic (exact) mass is 305 g/mol. The Morgan fingerprint density at radius 2 is 2.05 bits per heavy atom. The van der Waals surface area contributed by atoms with Crippen LogP contribution in [0.3, 0.4) is 0 Å². The number of nitrogens with zero attached hydrogens (tertiary/aromatic N) is 1. The average molecular weight is 305 g/mol. The highest BCUT2D eigenvalue weighted by atomic mass is 32.2. The Bertz CT molecular complexity index is 382. The molecule has 1 saturated heterocycles. The number of nitrogens with one attached hydrogen (secondary N) is 2. The van der Waals surface area contributed by atoms with Crippen LogP contribution in [0.25, 0.3) is 0 Å². The van der Waals surface area contributed by atoms with Crippen LogP contribution >= 0.6 is 0 Å². The van der Waals surface area contributed by atoms with Gasteiger partial charge in [-0.2, -0.15) is 17.4 Å². The fraction of sp³-hybridized carbons (Fsp3) is 1.00. The van der Waals surface area contributed by atoms with Crippen LogP contribution in [-0.4, -0.2) is 58.7 Å². The predicted octanol–water partition coefficient (Wildman–Crippen LogP) is 0.321. The molecule has 0 aromatic heterocycles. The second-order valence-corrected chi connectivity index (χ2v) is 7.44. The maximum absolute atomic E-state index is 12.3. The largest absolute Gasteiger partial charge is 0.380 e. The second kappa shape index (κ2) is 7.70. The van der Waals surface area contributed by atoms with Crippen molar-refractivity contribution < 1.29 is 13.2 Å². The van der Waals surface area contributed by atoms with Crippen molar-refractivity contribution in [2.45, 2.75) is 38.1 Å². The quantitative estimate of drug-likeness (QED) is 0.602. The van der Waals surface area contributed by atoms with E-state index >= 15 is 0 Å². The molecule has 2 fully saturated rings. The molecule has 20 heavy (non-hydrogen) atoms. The third-order valence-electron chi connectivity index (χ3n) is 3.90. The Morgan fingerprint density at radius 1 is 1.25 bits per heavy atom. The average Bonchev–Trinajstić information content (AvgIpc) is 3.23. The molecule has 0 aromatic rings. The number of likely N-dealkylation sites (N-methyl/N-ethyl adjacent to an activating group) is 1. The van der Waals surface area contributed by atoms with Crippen LogP contribution in [0, 0.1) is 5.92 Å². The number of ether oxygens (including phenoxy) is 1. The summed E-state index contributed by atoms with van der Waals surface area (Å²) in [7, 11) is -1.52. The molecule has 7 heteroatoms. The fourth-order valence-electron chi connectivity index (χ4n) is 2.59. The first-order chi connectivity index (χ1) is 9.63. The maximum Gasteiger partial charge on any atom is 0.279 e. The number of rotatable bonds is 9. The lowest BCUT2D eigenvalue weighted by atomic mass is 10.1. The van der Waals surface area contributed by atoms with E-state index in [0.717, 1.165) is 25.9 Å². The lowest BCUT2D eigenvalue weighted by molar-refractivity contribution is 0.128. The van der Waals surface area contributed by atoms with E-state index in [0.29, 0.717) is 32.2 Å². The molecule has 1 aliphatic heterocycles. The highest BCUT2D eigenvalue weighted by Gasteiger charge is 2.31. The molecule has 6 nitrogen and oxygen atoms in total. The first-order valence-electron chi connectivity index (χ1n) is 7.62. The Kier molecular flexibility index (Phi) is 6.22. The van der Waals surface area contributed by atoms with E-state index in [-0.39, 0.29) is 6.04 Å². The molecule has 1 aliphatic carbocycles. The van der Waals surface area contributed by atoms with Crippen LogP contribution in [0.4, 0.5) is 0 Å². The van der Waals surface area contributed by atoms with Crippen molar-refractivity contribution in [3.05, 3.63) is 0 Å². The standard InChI is InChI=1S/C13H27N3O3S/c1-14-10-13-4-2-3-8-16(13)20(17,18)15-7-9-19-11-12-5-6-12/h12-15H,2-11H2,1H3. The molecule has 1 unspecified atom stereocenters. The maximum atomic E-state index is 12.3. The zero-order valence-electron chi connectivity index (χ0n) is 12.3. The third-order valence-corrected chi connectivity index (χ3v) is 5.57. The van der Waals surface area contributed by atoms with Crippen molar-refractivity contribution in [2.24, 2.45) is 5.92 Å². The summed E-state index contributed by atoms with van der Waals surface area (Å²) in [6.45, 7) is 2.91. The first kappa shape index (κ1) is 16.2. The van der Waals surface area contributed by atoms with Crippen molar-refractivity contribution in [2.75, 3.05) is 39.9 Å². The smallest absolute Gasteiger partial charge is 0.279 e. The SMILES string of the molecule is CNCC1CCCCN1S(=O)(=O)NCCOCC1CC1. The predicted molar refractivity (Wildman–Crippen MR) is 78.7 cm³/mol. The van der Waals surface area contributed by atoms with Crippen LogP contribution < -0.4 is 10.0 Å². The Hall–Kier alpha value is -0.210. The minimum absolute atomic E-state index is 0.0682. The number of hydrogen-bond acceptors (Lipinski definition) is 4. The zero-order valence-corrected chi connectivity index (χ0v) is 13.1. The van der Waals surface area contributed by atoms with Gasteiger partial charge >= 0.3 is 0 Å². The minimum Gasteiger partial charge on any atom is -0.380 e. The Morgan fingerprint density at radius 3 is 2.75 bits per heavy atom. The van der Waals surface area contributed by atoms with Gasteiger partial charge in [-0.1, -0.05) is 6.42 Å². The third kappa shape index (κ3) is 4.96. The fourth-order valence-corrected chi connectivity index (χ4v) is 4.04. The van der Waals surface area contributed by atoms with Crippen molar-refractivity contribution in [3.8, 4) is 0 Å². The first-order valence-corrected chi connectivity index (χ1v) is 9.06. The molecule has 1 heterocycles. The van der Waals surface area contributed by atoms with E-state index in [2.05, 4.69) is 10.0 Å². The molecular weight excluding hydrogens is 278 g/mol. The molecule has 2 aliphatic rings. The van der Waals surface area contributed by atoms with Gasteiger partial charge in [0.2, 0.25) is 0 Å². The summed E-state index contributed by atoms with van der Waals surface area (Å²) in [6.07, 6.45) is 5.48. The highest BCUT2D eigenvalue weighted by Crippen LogP contribution is 2.28. The van der Waals surface area contributed by atoms with Gasteiger partial charge in [0.1, 0.15) is 0 Å². The van der Waals surface area contributed by atoms with Gasteiger partial charge in [-0.05, 0) is 38.6 Å². The summed E-state index contributed by atoms with van der Waals surface area (Å²) in [5.74, 6) is 0.716. The van der Waals surface area contributed by atoms with Crippen molar-refractivity contribution in [1.82, 2.24) is 14.3 Å². The van der Waals surface area contributed by atoms with Gasteiger partial charge in [0.05, 0.1) is 6.61 Å². The van der Waals surface area contributed by atoms with Crippen LogP contribution in [0.15, 0.2) is 0 Å². The van der Waals surface area contributed by atoms with E-state index in [1.54, 1.807) is 4.31 Å². The van der Waals surface area contributed by atoms with Crippen LogP contribution in [0.5, 0.6) is 0 Å². The van der Waals surface area contributed by atoms with Gasteiger partial charge in [0.15, 0.2) is 0 Å². The normalized spacial score (nSPS) is 24.9. The van der Waals surface area contributed by atoms with E-state index < -0.39 is 10.2 Å². The summed E-state index contributed by atoms with van der Waals surface area (Å²) >= 11 is 0. The van der Waals surface area contributed by atoms with Gasteiger partial charge in [-0.25, -0.2) is 0 Å². The lowest BCUT2D eigenvalue weighted by Crippen LogP contribution is -2.52. The van der Waals surface area contributed by atoms with Gasteiger partial charge in [0.25, 0.3) is 10.2 Å². The summed E-state index contributed by atoms with van der Waals surface area (Å²) < 4.78 is 34.3. The summed E-state index contributed by atoms with van der Waals surface area (Å²) in [6, 6.07) is 0.0682. The number of hydrogen-bond donors (Lipinski definition) is 2. The van der Waals surface area contributed by atoms with E-state index in [1.807, 2.05) is 7.05 Å². The Balaban J connectivity index is 1.74. The van der Waals surface area contributed by atoms with Crippen molar-refractivity contribution in [1.29, 1.82) is 0 Å². The topological polar surface area (TPSA) is 70.7 Å². The summed E-state index contributed by atoms with van der Waals surface area (Å²) in [5.41, 5.74) is 0. The van der Waals surface area contributed by atoms with E-state index in [1.165, 1.54) is 12.8 Å². The van der Waals surface area contributed by atoms with E-state index in [4.69, 9.17) is 4.74 Å². The van der Waals surface area contributed by atoms with E-state index in [9.17, 15) is 8.42 Å².